The van der Waals surface area contributed by atoms with Gasteiger partial charge in [0.05, 0.1) is 12.6 Å². The van der Waals surface area contributed by atoms with Crippen LogP contribution in [-0.2, 0) is 4.74 Å². The van der Waals surface area contributed by atoms with Crippen LogP contribution in [0.1, 0.15) is 11.6 Å². The van der Waals surface area contributed by atoms with Crippen LogP contribution in [0.3, 0.4) is 0 Å². The number of halogens is 4. The summed E-state index contributed by atoms with van der Waals surface area (Å²) in [6, 6.07) is 1.55. The number of hydrogen-bond acceptors (Lipinski definition) is 3. The first-order valence-corrected chi connectivity index (χ1v) is 5.84. The quantitative estimate of drug-likeness (QED) is 0.770. The van der Waals surface area contributed by atoms with Crippen molar-refractivity contribution in [2.24, 2.45) is 0 Å². The van der Waals surface area contributed by atoms with Crippen molar-refractivity contribution in [1.82, 2.24) is 5.32 Å². The number of rotatable bonds is 7. The molecule has 0 fully saturated rings. The Bertz CT molecular complexity index is 318. The van der Waals surface area contributed by atoms with Crippen LogP contribution in [0.25, 0.3) is 0 Å². The molecule has 0 aliphatic rings. The average molecular weight is 271 g/mol. The second-order valence-electron chi connectivity index (χ2n) is 3.47. The van der Waals surface area contributed by atoms with E-state index in [-0.39, 0.29) is 12.6 Å². The Labute approximate surface area is 101 Å². The molecule has 1 aromatic rings. The van der Waals surface area contributed by atoms with E-state index in [2.05, 4.69) is 10.1 Å². The average Bonchev–Trinajstić information content (AvgIpc) is 2.77. The van der Waals surface area contributed by atoms with E-state index in [0.29, 0.717) is 0 Å². The third-order valence-corrected chi connectivity index (χ3v) is 2.89. The van der Waals surface area contributed by atoms with Gasteiger partial charge in [-0.2, -0.15) is 20.1 Å². The van der Waals surface area contributed by atoms with Crippen LogP contribution in [0.4, 0.5) is 17.6 Å². The molecule has 1 rings (SSSR count). The van der Waals surface area contributed by atoms with Crippen LogP contribution in [-0.4, -0.2) is 32.6 Å². The monoisotopic (exact) mass is 271 g/mol. The summed E-state index contributed by atoms with van der Waals surface area (Å²) in [7, 11) is 1.65. The molecule has 98 valence electrons. The first-order chi connectivity index (χ1) is 7.97. The van der Waals surface area contributed by atoms with Crippen molar-refractivity contribution in [3.63, 3.8) is 0 Å². The molecule has 0 spiro atoms. The molecule has 1 atom stereocenters. The van der Waals surface area contributed by atoms with E-state index in [1.54, 1.807) is 7.05 Å². The lowest BCUT2D eigenvalue weighted by atomic mass is 10.2. The summed E-state index contributed by atoms with van der Waals surface area (Å²) in [5.74, 6) is -4.09. The lowest BCUT2D eigenvalue weighted by Gasteiger charge is -2.19. The van der Waals surface area contributed by atoms with E-state index < -0.39 is 19.0 Å². The van der Waals surface area contributed by atoms with Gasteiger partial charge in [-0.3, -0.25) is 0 Å². The summed E-state index contributed by atoms with van der Waals surface area (Å²) < 4.78 is 53.4. The molecule has 0 aromatic carbocycles. The van der Waals surface area contributed by atoms with Gasteiger partial charge in [0.15, 0.2) is 0 Å². The maximum Gasteiger partial charge on any atom is 0.330 e. The van der Waals surface area contributed by atoms with E-state index in [1.165, 1.54) is 11.3 Å². The minimum absolute atomic E-state index is 0.0739. The van der Waals surface area contributed by atoms with Crippen LogP contribution >= 0.6 is 11.3 Å². The molecule has 2 nitrogen and oxygen atoms in total. The summed E-state index contributed by atoms with van der Waals surface area (Å²) in [4.78, 5) is 0. The molecule has 1 heterocycles. The van der Waals surface area contributed by atoms with Gasteiger partial charge in [-0.05, 0) is 29.4 Å². The Balaban J connectivity index is 2.40. The van der Waals surface area contributed by atoms with Gasteiger partial charge in [0.1, 0.15) is 6.61 Å². The zero-order valence-electron chi connectivity index (χ0n) is 9.13. The topological polar surface area (TPSA) is 21.3 Å². The van der Waals surface area contributed by atoms with E-state index in [4.69, 9.17) is 0 Å². The molecule has 1 aromatic heterocycles. The predicted molar refractivity (Wildman–Crippen MR) is 57.9 cm³/mol. The van der Waals surface area contributed by atoms with E-state index in [0.717, 1.165) is 5.56 Å². The van der Waals surface area contributed by atoms with Crippen molar-refractivity contribution in [2.75, 3.05) is 20.3 Å². The fourth-order valence-corrected chi connectivity index (χ4v) is 1.91. The van der Waals surface area contributed by atoms with Gasteiger partial charge in [-0.25, -0.2) is 8.78 Å². The summed E-state index contributed by atoms with van der Waals surface area (Å²) >= 11 is 1.46. The minimum atomic E-state index is -4.09. The predicted octanol–water partition coefficient (Wildman–Crippen LogP) is 2.93. The lowest BCUT2D eigenvalue weighted by molar-refractivity contribution is -0.167. The number of nitrogens with one attached hydrogen (secondary N) is 1. The van der Waals surface area contributed by atoms with Crippen LogP contribution < -0.4 is 5.32 Å². The molecule has 0 bridgehead atoms. The Morgan fingerprint density at radius 3 is 2.65 bits per heavy atom. The van der Waals surface area contributed by atoms with Crippen LogP contribution in [0.5, 0.6) is 0 Å². The molecule has 1 unspecified atom stereocenters. The Morgan fingerprint density at radius 1 is 1.47 bits per heavy atom. The van der Waals surface area contributed by atoms with E-state index in [9.17, 15) is 17.6 Å². The fourth-order valence-electron chi connectivity index (χ4n) is 1.20. The minimum Gasteiger partial charge on any atom is -0.373 e. The first-order valence-electron chi connectivity index (χ1n) is 4.90. The molecule has 0 saturated heterocycles. The molecule has 7 heteroatoms. The summed E-state index contributed by atoms with van der Waals surface area (Å²) in [5.41, 5.74) is 0.887. The fraction of sp³-hybridized carbons (Fsp3) is 0.600. The van der Waals surface area contributed by atoms with Gasteiger partial charge in [-0.1, -0.05) is 0 Å². The molecular formula is C10H13F4NOS. The standard InChI is InChI=1S/C10H13F4NOS/c1-15-8(7-2-3-17-5-7)4-16-6-10(13,14)9(11)12/h2-3,5,8-9,15H,4,6H2,1H3. The maximum absolute atomic E-state index is 12.5. The Morgan fingerprint density at radius 2 is 2.18 bits per heavy atom. The van der Waals surface area contributed by atoms with Crippen molar-refractivity contribution >= 4 is 11.3 Å². The number of alkyl halides is 4. The third-order valence-electron chi connectivity index (χ3n) is 2.19. The van der Waals surface area contributed by atoms with Gasteiger partial charge in [0, 0.05) is 0 Å². The Kier molecular flexibility index (Phi) is 5.35. The highest BCUT2D eigenvalue weighted by molar-refractivity contribution is 7.07. The van der Waals surface area contributed by atoms with Gasteiger partial charge >= 0.3 is 12.3 Å². The largest absolute Gasteiger partial charge is 0.373 e. The highest BCUT2D eigenvalue weighted by Crippen LogP contribution is 2.24. The molecule has 0 amide bonds. The molecule has 1 N–H and O–H groups in total. The van der Waals surface area contributed by atoms with Crippen molar-refractivity contribution in [2.45, 2.75) is 18.4 Å². The molecule has 0 aliphatic carbocycles. The molecule has 17 heavy (non-hydrogen) atoms. The van der Waals surface area contributed by atoms with Crippen molar-refractivity contribution < 1.29 is 22.3 Å². The first kappa shape index (κ1) is 14.4. The number of likely N-dealkylation sites (N-methyl/N-ethyl adjacent to an activating group) is 1. The number of thiophene rings is 1. The second kappa shape index (κ2) is 6.32. The van der Waals surface area contributed by atoms with Gasteiger partial charge in [0.2, 0.25) is 0 Å². The van der Waals surface area contributed by atoms with Crippen LogP contribution in [0.2, 0.25) is 0 Å². The highest BCUT2D eigenvalue weighted by Gasteiger charge is 2.41. The van der Waals surface area contributed by atoms with Gasteiger partial charge < -0.3 is 10.1 Å². The molecule has 0 aliphatic heterocycles. The lowest BCUT2D eigenvalue weighted by Crippen LogP contribution is -2.34. The molecular weight excluding hydrogens is 258 g/mol. The zero-order valence-corrected chi connectivity index (χ0v) is 9.95. The van der Waals surface area contributed by atoms with Crippen molar-refractivity contribution in [3.05, 3.63) is 22.4 Å². The second-order valence-corrected chi connectivity index (χ2v) is 4.25. The summed E-state index contributed by atoms with van der Waals surface area (Å²) in [5, 5.41) is 6.55. The number of hydrogen-bond donors (Lipinski definition) is 1. The van der Waals surface area contributed by atoms with Gasteiger partial charge in [0.25, 0.3) is 0 Å². The Hall–Kier alpha value is -0.660. The SMILES string of the molecule is CNC(COCC(F)(F)C(F)F)c1ccsc1. The zero-order chi connectivity index (χ0) is 12.9. The highest BCUT2D eigenvalue weighted by atomic mass is 32.1. The van der Waals surface area contributed by atoms with Crippen LogP contribution in [0.15, 0.2) is 16.8 Å². The van der Waals surface area contributed by atoms with Gasteiger partial charge in [-0.15, -0.1) is 0 Å². The smallest absolute Gasteiger partial charge is 0.330 e. The maximum atomic E-state index is 12.5. The van der Waals surface area contributed by atoms with Crippen molar-refractivity contribution in [1.29, 1.82) is 0 Å². The summed E-state index contributed by atoms with van der Waals surface area (Å²) in [6.07, 6.45) is -3.70. The van der Waals surface area contributed by atoms with E-state index in [1.807, 2.05) is 16.8 Å². The summed E-state index contributed by atoms with van der Waals surface area (Å²) in [6.45, 7) is -1.34. The van der Waals surface area contributed by atoms with E-state index >= 15 is 0 Å². The normalized spacial score (nSPS) is 14.2. The van der Waals surface area contributed by atoms with Crippen LogP contribution in [0, 0.1) is 0 Å². The third kappa shape index (κ3) is 4.25. The van der Waals surface area contributed by atoms with Crippen molar-refractivity contribution in [3.8, 4) is 0 Å². The molecule has 0 saturated carbocycles. The number of ether oxygens (including phenoxy) is 1. The molecule has 0 radical (unpaired) electrons.